The van der Waals surface area contributed by atoms with Crippen LogP contribution in [0.2, 0.25) is 0 Å². The molecule has 0 amide bonds. The highest BCUT2D eigenvalue weighted by Gasteiger charge is 2.24. The average molecular weight is 340 g/mol. The Kier molecular flexibility index (Phi) is 5.08. The zero-order chi connectivity index (χ0) is 18.0. The van der Waals surface area contributed by atoms with Crippen LogP contribution >= 0.6 is 0 Å². The quantitative estimate of drug-likeness (QED) is 0.818. The normalized spacial score (nSPS) is 18.5. The minimum atomic E-state index is 0.406. The molecule has 6 nitrogen and oxygen atoms in total. The van der Waals surface area contributed by atoms with Crippen molar-refractivity contribution in [2.75, 3.05) is 32.9 Å². The van der Waals surface area contributed by atoms with Crippen molar-refractivity contribution in [2.24, 2.45) is 0 Å². The maximum atomic E-state index is 6.48. The summed E-state index contributed by atoms with van der Waals surface area (Å²) >= 11 is 0. The van der Waals surface area contributed by atoms with Crippen molar-refractivity contribution in [3.63, 3.8) is 0 Å². The Morgan fingerprint density at radius 2 is 2.32 bits per heavy atom. The van der Waals surface area contributed by atoms with Crippen LogP contribution in [-0.4, -0.2) is 46.7 Å². The molecule has 0 aliphatic carbocycles. The monoisotopic (exact) mass is 340 g/mol. The van der Waals surface area contributed by atoms with Crippen LogP contribution < -0.4 is 11.1 Å². The molecule has 0 bridgehead atoms. The Morgan fingerprint density at radius 3 is 2.92 bits per heavy atom. The largest absolute Gasteiger partial charge is 0.383 e. The summed E-state index contributed by atoms with van der Waals surface area (Å²) in [6.45, 7) is 8.12. The first-order valence-electron chi connectivity index (χ1n) is 8.94. The summed E-state index contributed by atoms with van der Waals surface area (Å²) in [7, 11) is 3.98. The summed E-state index contributed by atoms with van der Waals surface area (Å²) in [5, 5.41) is 7.98. The fraction of sp³-hybridized carbons (Fsp3) is 0.474. The summed E-state index contributed by atoms with van der Waals surface area (Å²) in [6, 6.07) is 0. The molecule has 1 saturated heterocycles. The second-order valence-corrected chi connectivity index (χ2v) is 6.80. The third-order valence-corrected chi connectivity index (χ3v) is 4.78. The van der Waals surface area contributed by atoms with Crippen LogP contribution in [0.1, 0.15) is 42.5 Å². The lowest BCUT2D eigenvalue weighted by molar-refractivity contribution is 0.452. The van der Waals surface area contributed by atoms with E-state index in [-0.39, 0.29) is 0 Å². The molecule has 0 spiro atoms. The zero-order valence-electron chi connectivity index (χ0n) is 15.4. The van der Waals surface area contributed by atoms with Gasteiger partial charge in [0.25, 0.3) is 0 Å². The lowest BCUT2D eigenvalue weighted by Gasteiger charge is -2.25. The highest BCUT2D eigenvalue weighted by Crippen LogP contribution is 2.31. The third kappa shape index (κ3) is 3.26. The SMILES string of the molecule is C=C/C(=C\N(C)C)c1cnn2c(N)c(CC)c(C3CCCNC3)nc12. The standard InChI is InChI=1S/C19H28N6/c1-5-13(12-24(3)4)16-11-22-25-18(20)15(6-2)17(23-19(16)25)14-8-7-9-21-10-14/h5,11-12,14,21H,1,6-10,20H2,2-4H3/b13-12+. The fourth-order valence-corrected chi connectivity index (χ4v) is 3.57. The molecule has 134 valence electrons. The van der Waals surface area contributed by atoms with Gasteiger partial charge in [-0.1, -0.05) is 19.6 Å². The molecular formula is C19H28N6. The van der Waals surface area contributed by atoms with Gasteiger partial charge in [-0.05, 0) is 25.8 Å². The van der Waals surface area contributed by atoms with Crippen LogP contribution in [0, 0.1) is 0 Å². The highest BCUT2D eigenvalue weighted by atomic mass is 15.3. The molecule has 25 heavy (non-hydrogen) atoms. The van der Waals surface area contributed by atoms with Gasteiger partial charge in [-0.25, -0.2) is 4.98 Å². The van der Waals surface area contributed by atoms with Crippen molar-refractivity contribution in [3.05, 3.63) is 41.9 Å². The van der Waals surface area contributed by atoms with Crippen LogP contribution in [0.3, 0.4) is 0 Å². The van der Waals surface area contributed by atoms with E-state index in [2.05, 4.69) is 23.9 Å². The number of fused-ring (bicyclic) bond motifs is 1. The Hall–Kier alpha value is -2.34. The van der Waals surface area contributed by atoms with Crippen molar-refractivity contribution in [1.29, 1.82) is 0 Å². The Balaban J connectivity index is 2.20. The molecule has 2 aromatic rings. The zero-order valence-corrected chi connectivity index (χ0v) is 15.4. The number of allylic oxidation sites excluding steroid dienone is 2. The molecule has 3 rings (SSSR count). The van der Waals surface area contributed by atoms with Gasteiger partial charge >= 0.3 is 0 Å². The smallest absolute Gasteiger partial charge is 0.165 e. The first kappa shape index (κ1) is 17.5. The molecule has 0 aromatic carbocycles. The topological polar surface area (TPSA) is 71.5 Å². The maximum absolute atomic E-state index is 6.48. The van der Waals surface area contributed by atoms with E-state index in [0.29, 0.717) is 11.7 Å². The third-order valence-electron chi connectivity index (χ3n) is 4.78. The molecule has 3 N–H and O–H groups in total. The van der Waals surface area contributed by atoms with Crippen molar-refractivity contribution in [2.45, 2.75) is 32.1 Å². The van der Waals surface area contributed by atoms with Crippen molar-refractivity contribution >= 4 is 17.0 Å². The number of aromatic nitrogens is 3. The minimum Gasteiger partial charge on any atom is -0.383 e. The van der Waals surface area contributed by atoms with Gasteiger partial charge in [0, 0.05) is 49.5 Å². The second-order valence-electron chi connectivity index (χ2n) is 6.80. The van der Waals surface area contributed by atoms with Crippen LogP contribution in [-0.2, 0) is 6.42 Å². The fourth-order valence-electron chi connectivity index (χ4n) is 3.57. The van der Waals surface area contributed by atoms with Gasteiger partial charge in [0.2, 0.25) is 0 Å². The van der Waals surface area contributed by atoms with Gasteiger partial charge in [-0.3, -0.25) is 0 Å². The number of nitrogen functional groups attached to an aromatic ring is 1. The molecule has 0 radical (unpaired) electrons. The van der Waals surface area contributed by atoms with Crippen LogP contribution in [0.25, 0.3) is 11.2 Å². The van der Waals surface area contributed by atoms with Crippen LogP contribution in [0.5, 0.6) is 0 Å². The molecule has 1 unspecified atom stereocenters. The Labute approximate surface area is 149 Å². The number of hydrogen-bond donors (Lipinski definition) is 2. The predicted molar refractivity (Wildman–Crippen MR) is 103 cm³/mol. The molecule has 1 fully saturated rings. The number of nitrogens with two attached hydrogens (primary N) is 1. The first-order valence-corrected chi connectivity index (χ1v) is 8.94. The minimum absolute atomic E-state index is 0.406. The Bertz CT molecular complexity index is 796. The lowest BCUT2D eigenvalue weighted by Crippen LogP contribution is -2.30. The molecule has 0 saturated carbocycles. The summed E-state index contributed by atoms with van der Waals surface area (Å²) in [4.78, 5) is 7.04. The predicted octanol–water partition coefficient (Wildman–Crippen LogP) is 2.43. The number of hydrogen-bond acceptors (Lipinski definition) is 5. The van der Waals surface area contributed by atoms with E-state index >= 15 is 0 Å². The molecular weight excluding hydrogens is 312 g/mol. The second kappa shape index (κ2) is 7.27. The average Bonchev–Trinajstić information content (AvgIpc) is 3.04. The summed E-state index contributed by atoms with van der Waals surface area (Å²) in [5.74, 6) is 1.11. The van der Waals surface area contributed by atoms with Gasteiger partial charge in [-0.2, -0.15) is 9.61 Å². The Morgan fingerprint density at radius 1 is 1.52 bits per heavy atom. The first-order chi connectivity index (χ1) is 12.1. The summed E-state index contributed by atoms with van der Waals surface area (Å²) in [5.41, 5.74) is 11.5. The van der Waals surface area contributed by atoms with E-state index in [4.69, 9.17) is 10.7 Å². The molecule has 1 atom stereocenters. The van der Waals surface area contributed by atoms with E-state index in [1.165, 1.54) is 6.42 Å². The lowest BCUT2D eigenvalue weighted by atomic mass is 9.92. The van der Waals surface area contributed by atoms with Crippen molar-refractivity contribution < 1.29 is 0 Å². The number of anilines is 1. The molecule has 2 aromatic heterocycles. The molecule has 1 aliphatic rings. The van der Waals surface area contributed by atoms with E-state index in [0.717, 1.165) is 54.0 Å². The molecule has 6 heteroatoms. The van der Waals surface area contributed by atoms with Gasteiger partial charge in [-0.15, -0.1) is 0 Å². The van der Waals surface area contributed by atoms with E-state index in [9.17, 15) is 0 Å². The summed E-state index contributed by atoms with van der Waals surface area (Å²) < 4.78 is 1.76. The van der Waals surface area contributed by atoms with E-state index in [1.54, 1.807) is 4.52 Å². The summed E-state index contributed by atoms with van der Waals surface area (Å²) in [6.07, 6.45) is 8.87. The molecule has 1 aliphatic heterocycles. The van der Waals surface area contributed by atoms with Gasteiger partial charge in [0.05, 0.1) is 11.9 Å². The van der Waals surface area contributed by atoms with Gasteiger partial charge < -0.3 is 16.0 Å². The van der Waals surface area contributed by atoms with Gasteiger partial charge in [0.15, 0.2) is 5.65 Å². The number of nitrogens with one attached hydrogen (secondary N) is 1. The van der Waals surface area contributed by atoms with E-state index in [1.807, 2.05) is 37.5 Å². The molecule has 3 heterocycles. The van der Waals surface area contributed by atoms with E-state index < -0.39 is 0 Å². The number of rotatable bonds is 5. The highest BCUT2D eigenvalue weighted by molar-refractivity contribution is 5.82. The number of nitrogens with zero attached hydrogens (tertiary/aromatic N) is 4. The van der Waals surface area contributed by atoms with Crippen LogP contribution in [0.15, 0.2) is 25.1 Å². The van der Waals surface area contributed by atoms with Crippen molar-refractivity contribution in [3.8, 4) is 0 Å². The van der Waals surface area contributed by atoms with Crippen LogP contribution in [0.4, 0.5) is 5.82 Å². The number of piperidine rings is 1. The van der Waals surface area contributed by atoms with Crippen molar-refractivity contribution in [1.82, 2.24) is 24.8 Å². The van der Waals surface area contributed by atoms with Gasteiger partial charge in [0.1, 0.15) is 5.82 Å². The maximum Gasteiger partial charge on any atom is 0.165 e.